The van der Waals surface area contributed by atoms with Crippen LogP contribution in [0.3, 0.4) is 0 Å². The number of thioether (sulfide) groups is 1. The predicted octanol–water partition coefficient (Wildman–Crippen LogP) is 0.418. The monoisotopic (exact) mass is 300 g/mol. The number of ether oxygens (including phenoxy) is 1. The van der Waals surface area contributed by atoms with Gasteiger partial charge in [0, 0.05) is 20.5 Å². The molecule has 0 spiro atoms. The number of aliphatic hydroxyl groups is 2. The van der Waals surface area contributed by atoms with Crippen LogP contribution in [0.25, 0.3) is 0 Å². The van der Waals surface area contributed by atoms with E-state index in [9.17, 15) is 23.4 Å². The van der Waals surface area contributed by atoms with Crippen molar-refractivity contribution in [2.75, 3.05) is 14.1 Å². The number of aliphatic imine (C=N–C) groups is 1. The van der Waals surface area contributed by atoms with E-state index in [4.69, 9.17) is 4.74 Å². The first-order chi connectivity index (χ1) is 8.70. The molecule has 5 nitrogen and oxygen atoms in total. The van der Waals surface area contributed by atoms with Crippen LogP contribution in [-0.4, -0.2) is 70.3 Å². The Morgan fingerprint density at radius 2 is 2.11 bits per heavy atom. The van der Waals surface area contributed by atoms with Crippen molar-refractivity contribution in [3.63, 3.8) is 0 Å². The topological polar surface area (TPSA) is 65.3 Å². The Balaban J connectivity index is 2.07. The van der Waals surface area contributed by atoms with E-state index in [1.807, 2.05) is 0 Å². The SMILES string of the molecule is CN(C)C1=NC2CC(O)C(C(O)C(F)(F)F)OC2S1. The van der Waals surface area contributed by atoms with Gasteiger partial charge in [-0.1, -0.05) is 11.8 Å². The fourth-order valence-electron chi connectivity index (χ4n) is 2.02. The number of rotatable bonds is 1. The average Bonchev–Trinajstić information content (AvgIpc) is 2.68. The highest BCUT2D eigenvalue weighted by molar-refractivity contribution is 8.14. The molecule has 0 aromatic heterocycles. The number of halogens is 3. The lowest BCUT2D eigenvalue weighted by Crippen LogP contribution is -2.54. The molecule has 0 bridgehead atoms. The Labute approximate surface area is 112 Å². The third kappa shape index (κ3) is 2.99. The summed E-state index contributed by atoms with van der Waals surface area (Å²) in [4.78, 5) is 6.00. The molecule has 5 atom stereocenters. The molecule has 2 aliphatic rings. The van der Waals surface area contributed by atoms with Gasteiger partial charge in [0.05, 0.1) is 12.1 Å². The van der Waals surface area contributed by atoms with Crippen LogP contribution in [0.5, 0.6) is 0 Å². The van der Waals surface area contributed by atoms with Gasteiger partial charge in [-0.3, -0.25) is 4.99 Å². The Bertz CT molecular complexity index is 378. The normalized spacial score (nSPS) is 36.7. The minimum Gasteiger partial charge on any atom is -0.390 e. The van der Waals surface area contributed by atoms with Crippen molar-refractivity contribution >= 4 is 16.9 Å². The minimum atomic E-state index is -4.81. The van der Waals surface area contributed by atoms with Crippen molar-refractivity contribution in [3.8, 4) is 0 Å². The second kappa shape index (κ2) is 5.12. The predicted molar refractivity (Wildman–Crippen MR) is 63.8 cm³/mol. The van der Waals surface area contributed by atoms with Crippen molar-refractivity contribution in [3.05, 3.63) is 0 Å². The molecule has 0 aromatic rings. The highest BCUT2D eigenvalue weighted by atomic mass is 32.2. The standard InChI is InChI=1S/C10H15F3N2O3S/c1-15(2)9-14-4-3-5(16)6(18-8(4)19-9)7(17)10(11,12)13/h4-8,16-17H,3H2,1-2H3. The molecule has 0 saturated carbocycles. The third-order valence-electron chi connectivity index (χ3n) is 2.99. The molecule has 2 heterocycles. The van der Waals surface area contributed by atoms with Crippen LogP contribution in [0.2, 0.25) is 0 Å². The van der Waals surface area contributed by atoms with Gasteiger partial charge in [-0.2, -0.15) is 13.2 Å². The largest absolute Gasteiger partial charge is 0.417 e. The molecule has 0 aliphatic carbocycles. The first-order valence-corrected chi connectivity index (χ1v) is 6.58. The van der Waals surface area contributed by atoms with E-state index >= 15 is 0 Å². The van der Waals surface area contributed by atoms with Gasteiger partial charge in [0.15, 0.2) is 11.3 Å². The van der Waals surface area contributed by atoms with Crippen LogP contribution in [0.1, 0.15) is 6.42 Å². The molecule has 1 saturated heterocycles. The second-order valence-corrected chi connectivity index (χ2v) is 5.82. The first kappa shape index (κ1) is 14.9. The average molecular weight is 300 g/mol. The molecule has 0 radical (unpaired) electrons. The molecule has 19 heavy (non-hydrogen) atoms. The first-order valence-electron chi connectivity index (χ1n) is 5.70. The Hall–Kier alpha value is -0.510. The maximum absolute atomic E-state index is 12.5. The second-order valence-electron chi connectivity index (χ2n) is 4.75. The van der Waals surface area contributed by atoms with E-state index in [1.54, 1.807) is 19.0 Å². The van der Waals surface area contributed by atoms with Crippen LogP contribution < -0.4 is 0 Å². The van der Waals surface area contributed by atoms with Gasteiger partial charge in [-0.15, -0.1) is 0 Å². The van der Waals surface area contributed by atoms with Crippen molar-refractivity contribution in [1.82, 2.24) is 4.90 Å². The number of fused-ring (bicyclic) bond motifs is 1. The van der Waals surface area contributed by atoms with Gasteiger partial charge in [-0.25, -0.2) is 0 Å². The van der Waals surface area contributed by atoms with Crippen LogP contribution in [0, 0.1) is 0 Å². The lowest BCUT2D eigenvalue weighted by molar-refractivity contribution is -0.260. The van der Waals surface area contributed by atoms with Gasteiger partial charge in [0.2, 0.25) is 0 Å². The molecule has 110 valence electrons. The zero-order chi connectivity index (χ0) is 14.4. The molecule has 0 amide bonds. The molecule has 0 aromatic carbocycles. The minimum absolute atomic E-state index is 0.0484. The number of hydrogen-bond acceptors (Lipinski definition) is 6. The quantitative estimate of drug-likeness (QED) is 0.735. The van der Waals surface area contributed by atoms with Gasteiger partial charge in [-0.05, 0) is 0 Å². The number of hydrogen-bond donors (Lipinski definition) is 2. The van der Waals surface area contributed by atoms with Crippen molar-refractivity contribution in [2.45, 2.75) is 42.4 Å². The summed E-state index contributed by atoms with van der Waals surface area (Å²) in [7, 11) is 3.53. The van der Waals surface area contributed by atoms with E-state index in [2.05, 4.69) is 4.99 Å². The fraction of sp³-hybridized carbons (Fsp3) is 0.900. The molecule has 2 aliphatic heterocycles. The van der Waals surface area contributed by atoms with Gasteiger partial charge in [0.25, 0.3) is 0 Å². The summed E-state index contributed by atoms with van der Waals surface area (Å²) in [6.07, 6.45) is -10.5. The molecule has 1 fully saturated rings. The van der Waals surface area contributed by atoms with Crippen LogP contribution >= 0.6 is 11.8 Å². The summed E-state index contributed by atoms with van der Waals surface area (Å²) in [6, 6.07) is -0.380. The number of alkyl halides is 3. The summed E-state index contributed by atoms with van der Waals surface area (Å²) in [6.45, 7) is 0. The van der Waals surface area contributed by atoms with E-state index in [-0.39, 0.29) is 12.5 Å². The number of aliphatic hydroxyl groups excluding tert-OH is 2. The lowest BCUT2D eigenvalue weighted by atomic mass is 9.97. The lowest BCUT2D eigenvalue weighted by Gasteiger charge is -2.37. The van der Waals surface area contributed by atoms with Crippen molar-refractivity contribution in [1.29, 1.82) is 0 Å². The van der Waals surface area contributed by atoms with Crippen molar-refractivity contribution in [2.24, 2.45) is 4.99 Å². The summed E-state index contributed by atoms with van der Waals surface area (Å²) < 4.78 is 42.6. The Morgan fingerprint density at radius 1 is 1.47 bits per heavy atom. The van der Waals surface area contributed by atoms with Gasteiger partial charge >= 0.3 is 6.18 Å². The molecular weight excluding hydrogens is 285 g/mol. The van der Waals surface area contributed by atoms with Crippen LogP contribution in [0.4, 0.5) is 13.2 Å². The molecule has 9 heteroatoms. The highest BCUT2D eigenvalue weighted by Gasteiger charge is 2.52. The highest BCUT2D eigenvalue weighted by Crippen LogP contribution is 2.39. The summed E-state index contributed by atoms with van der Waals surface area (Å²) >= 11 is 1.20. The molecule has 5 unspecified atom stereocenters. The van der Waals surface area contributed by atoms with Crippen LogP contribution in [-0.2, 0) is 4.74 Å². The smallest absolute Gasteiger partial charge is 0.390 e. The number of amidine groups is 1. The van der Waals surface area contributed by atoms with Gasteiger partial charge < -0.3 is 19.8 Å². The molecule has 2 rings (SSSR count). The van der Waals surface area contributed by atoms with E-state index in [1.165, 1.54) is 11.8 Å². The molecular formula is C10H15F3N2O3S. The summed E-state index contributed by atoms with van der Waals surface area (Å²) in [5.41, 5.74) is -0.595. The maximum Gasteiger partial charge on any atom is 0.417 e. The molecule has 2 N–H and O–H groups in total. The zero-order valence-electron chi connectivity index (χ0n) is 10.3. The maximum atomic E-state index is 12.5. The fourth-order valence-corrected chi connectivity index (χ4v) is 3.14. The van der Waals surface area contributed by atoms with Gasteiger partial charge in [0.1, 0.15) is 11.5 Å². The van der Waals surface area contributed by atoms with E-state index in [0.29, 0.717) is 5.17 Å². The Morgan fingerprint density at radius 3 is 2.63 bits per heavy atom. The van der Waals surface area contributed by atoms with E-state index in [0.717, 1.165) is 0 Å². The summed E-state index contributed by atoms with van der Waals surface area (Å²) in [5, 5.41) is 19.5. The third-order valence-corrected chi connectivity index (χ3v) is 4.33. The Kier molecular flexibility index (Phi) is 4.01. The van der Waals surface area contributed by atoms with Crippen molar-refractivity contribution < 1.29 is 28.1 Å². The van der Waals surface area contributed by atoms with E-state index < -0.39 is 29.9 Å². The zero-order valence-corrected chi connectivity index (χ0v) is 11.1. The summed E-state index contributed by atoms with van der Waals surface area (Å²) in [5.74, 6) is 0. The van der Waals surface area contributed by atoms with Crippen LogP contribution in [0.15, 0.2) is 4.99 Å². The number of nitrogens with zero attached hydrogens (tertiary/aromatic N) is 2.